The lowest BCUT2D eigenvalue weighted by Gasteiger charge is -2.34. The summed E-state index contributed by atoms with van der Waals surface area (Å²) in [4.78, 5) is 2.24. The van der Waals surface area contributed by atoms with Crippen molar-refractivity contribution in [2.45, 2.75) is 31.9 Å². The van der Waals surface area contributed by atoms with Crippen molar-refractivity contribution in [1.29, 1.82) is 0 Å². The van der Waals surface area contributed by atoms with E-state index in [2.05, 4.69) is 20.4 Å². The van der Waals surface area contributed by atoms with Gasteiger partial charge in [0.2, 0.25) is 0 Å². The van der Waals surface area contributed by atoms with E-state index in [9.17, 15) is 5.11 Å². The minimum absolute atomic E-state index is 0.288. The first kappa shape index (κ1) is 17.6. The van der Waals surface area contributed by atoms with Gasteiger partial charge in [0, 0.05) is 31.9 Å². The molecule has 25 heavy (non-hydrogen) atoms. The molecule has 0 bridgehead atoms. The third-order valence-electron chi connectivity index (χ3n) is 4.41. The third-order valence-corrected chi connectivity index (χ3v) is 4.41. The fourth-order valence-electron chi connectivity index (χ4n) is 3.00. The average molecular weight is 342 g/mol. The number of piperidine rings is 1. The summed E-state index contributed by atoms with van der Waals surface area (Å²) < 4.78 is 5.63. The van der Waals surface area contributed by atoms with Gasteiger partial charge in [0.15, 0.2) is 5.82 Å². The summed E-state index contributed by atoms with van der Waals surface area (Å²) >= 11 is 0. The van der Waals surface area contributed by atoms with Gasteiger partial charge in [-0.2, -0.15) is 5.10 Å². The first-order valence-electron chi connectivity index (χ1n) is 8.84. The predicted octanol–water partition coefficient (Wildman–Crippen LogP) is 1.78. The Balaban J connectivity index is 1.40. The Kier molecular flexibility index (Phi) is 6.19. The molecule has 6 heteroatoms. The number of anilines is 1. The third kappa shape index (κ3) is 5.41. The minimum atomic E-state index is -0.534. The quantitative estimate of drug-likeness (QED) is 0.799. The number of hydrogen-bond donors (Lipinski definition) is 2. The van der Waals surface area contributed by atoms with Gasteiger partial charge in [-0.1, -0.05) is 17.7 Å². The molecule has 2 aromatic rings. The zero-order chi connectivity index (χ0) is 17.5. The van der Waals surface area contributed by atoms with E-state index >= 15 is 0 Å². The van der Waals surface area contributed by atoms with Crippen LogP contribution in [0.1, 0.15) is 18.4 Å². The molecule has 6 nitrogen and oxygen atoms in total. The second kappa shape index (κ2) is 8.78. The van der Waals surface area contributed by atoms with Gasteiger partial charge in [0.25, 0.3) is 0 Å². The Morgan fingerprint density at radius 3 is 2.92 bits per heavy atom. The minimum Gasteiger partial charge on any atom is -0.491 e. The SMILES string of the molecule is Cc1ccc(OC[C@H](O)CN[C@H]2CCCN(c3cccnn3)C2)cc1. The van der Waals surface area contributed by atoms with Gasteiger partial charge in [-0.15, -0.1) is 5.10 Å². The molecule has 1 aromatic heterocycles. The normalized spacial score (nSPS) is 18.8. The van der Waals surface area contributed by atoms with Crippen LogP contribution in [0.3, 0.4) is 0 Å². The molecule has 2 N–H and O–H groups in total. The maximum absolute atomic E-state index is 10.2. The zero-order valence-corrected chi connectivity index (χ0v) is 14.6. The first-order chi connectivity index (χ1) is 12.2. The van der Waals surface area contributed by atoms with Gasteiger partial charge in [-0.05, 0) is 44.0 Å². The highest BCUT2D eigenvalue weighted by Crippen LogP contribution is 2.16. The van der Waals surface area contributed by atoms with Gasteiger partial charge >= 0.3 is 0 Å². The van der Waals surface area contributed by atoms with Gasteiger partial charge < -0.3 is 20.1 Å². The van der Waals surface area contributed by atoms with Gasteiger partial charge in [-0.25, -0.2) is 0 Å². The number of nitrogens with zero attached hydrogens (tertiary/aromatic N) is 3. The summed E-state index contributed by atoms with van der Waals surface area (Å²) in [5.74, 6) is 1.70. The highest BCUT2D eigenvalue weighted by molar-refractivity contribution is 5.37. The van der Waals surface area contributed by atoms with E-state index in [0.29, 0.717) is 12.6 Å². The van der Waals surface area contributed by atoms with Crippen molar-refractivity contribution in [2.75, 3.05) is 31.1 Å². The Labute approximate surface area is 148 Å². The highest BCUT2D eigenvalue weighted by Gasteiger charge is 2.21. The number of benzene rings is 1. The monoisotopic (exact) mass is 342 g/mol. The van der Waals surface area contributed by atoms with Crippen molar-refractivity contribution in [2.24, 2.45) is 0 Å². The fraction of sp³-hybridized carbons (Fsp3) is 0.474. The molecule has 3 rings (SSSR count). The van der Waals surface area contributed by atoms with E-state index in [1.807, 2.05) is 43.3 Å². The predicted molar refractivity (Wildman–Crippen MR) is 98.0 cm³/mol. The van der Waals surface area contributed by atoms with Crippen molar-refractivity contribution < 1.29 is 9.84 Å². The lowest BCUT2D eigenvalue weighted by molar-refractivity contribution is 0.103. The molecule has 0 amide bonds. The Hall–Kier alpha value is -2.18. The van der Waals surface area contributed by atoms with Gasteiger partial charge in [0.1, 0.15) is 18.5 Å². The molecule has 1 aromatic carbocycles. The van der Waals surface area contributed by atoms with E-state index in [-0.39, 0.29) is 6.61 Å². The van der Waals surface area contributed by atoms with Crippen LogP contribution in [0.2, 0.25) is 0 Å². The summed E-state index contributed by atoms with van der Waals surface area (Å²) in [5.41, 5.74) is 1.19. The number of aliphatic hydroxyl groups excluding tert-OH is 1. The van der Waals surface area contributed by atoms with E-state index in [1.54, 1.807) is 6.20 Å². The van der Waals surface area contributed by atoms with E-state index < -0.39 is 6.10 Å². The van der Waals surface area contributed by atoms with Crippen molar-refractivity contribution in [3.05, 3.63) is 48.2 Å². The molecule has 1 saturated heterocycles. The summed E-state index contributed by atoms with van der Waals surface area (Å²) in [7, 11) is 0. The van der Waals surface area contributed by atoms with Gasteiger partial charge in [-0.3, -0.25) is 0 Å². The molecular formula is C19H26N4O2. The summed E-state index contributed by atoms with van der Waals surface area (Å²) in [6.07, 6.45) is 3.35. The highest BCUT2D eigenvalue weighted by atomic mass is 16.5. The van der Waals surface area contributed by atoms with Crippen molar-refractivity contribution in [1.82, 2.24) is 15.5 Å². The molecule has 0 radical (unpaired) electrons. The van der Waals surface area contributed by atoms with Crippen LogP contribution in [-0.2, 0) is 0 Å². The second-order valence-electron chi connectivity index (χ2n) is 6.55. The maximum atomic E-state index is 10.2. The molecular weight excluding hydrogens is 316 g/mol. The number of nitrogens with one attached hydrogen (secondary N) is 1. The molecule has 0 unspecified atom stereocenters. The summed E-state index contributed by atoms with van der Waals surface area (Å²) in [6.45, 7) is 4.72. The summed E-state index contributed by atoms with van der Waals surface area (Å²) in [5, 5.41) is 21.7. The maximum Gasteiger partial charge on any atom is 0.151 e. The van der Waals surface area contributed by atoms with Crippen LogP contribution in [0.4, 0.5) is 5.82 Å². The number of aliphatic hydroxyl groups is 1. The number of hydrogen-bond acceptors (Lipinski definition) is 6. The standard InChI is InChI=1S/C19H26N4O2/c1-15-6-8-18(9-7-15)25-14-17(24)12-20-16-4-3-11-23(13-16)19-5-2-10-21-22-19/h2,5-10,16-17,20,24H,3-4,11-14H2,1H3/t16-,17+/m0/s1. The van der Waals surface area contributed by atoms with Crippen LogP contribution >= 0.6 is 0 Å². The molecule has 2 heterocycles. The molecule has 1 fully saturated rings. The summed E-state index contributed by atoms with van der Waals surface area (Å²) in [6, 6.07) is 12.1. The average Bonchev–Trinajstić information content (AvgIpc) is 2.67. The molecule has 0 spiro atoms. The molecule has 2 atom stereocenters. The van der Waals surface area contributed by atoms with Crippen LogP contribution in [0.5, 0.6) is 5.75 Å². The Bertz CT molecular complexity index is 636. The zero-order valence-electron chi connectivity index (χ0n) is 14.6. The van der Waals surface area contributed by atoms with Gasteiger partial charge in [0.05, 0.1) is 0 Å². The Morgan fingerprint density at radius 2 is 2.16 bits per heavy atom. The smallest absolute Gasteiger partial charge is 0.151 e. The van der Waals surface area contributed by atoms with Crippen LogP contribution in [-0.4, -0.2) is 53.7 Å². The van der Waals surface area contributed by atoms with E-state index in [1.165, 1.54) is 5.56 Å². The van der Waals surface area contributed by atoms with E-state index in [0.717, 1.165) is 37.5 Å². The van der Waals surface area contributed by atoms with Crippen LogP contribution in [0.15, 0.2) is 42.6 Å². The number of ether oxygens (including phenoxy) is 1. The topological polar surface area (TPSA) is 70.5 Å². The molecule has 0 saturated carbocycles. The molecule has 1 aliphatic rings. The van der Waals surface area contributed by atoms with Crippen LogP contribution in [0, 0.1) is 6.92 Å². The lowest BCUT2D eigenvalue weighted by atomic mass is 10.1. The second-order valence-corrected chi connectivity index (χ2v) is 6.55. The van der Waals surface area contributed by atoms with E-state index in [4.69, 9.17) is 4.74 Å². The molecule has 1 aliphatic heterocycles. The molecule has 0 aliphatic carbocycles. The van der Waals surface area contributed by atoms with Crippen LogP contribution in [0.25, 0.3) is 0 Å². The molecule has 134 valence electrons. The van der Waals surface area contributed by atoms with Crippen LogP contribution < -0.4 is 15.0 Å². The Morgan fingerprint density at radius 1 is 1.32 bits per heavy atom. The first-order valence-corrected chi connectivity index (χ1v) is 8.84. The van der Waals surface area contributed by atoms with Crippen molar-refractivity contribution in [3.8, 4) is 5.75 Å². The van der Waals surface area contributed by atoms with Crippen molar-refractivity contribution in [3.63, 3.8) is 0 Å². The largest absolute Gasteiger partial charge is 0.491 e. The van der Waals surface area contributed by atoms with Crippen molar-refractivity contribution >= 4 is 5.82 Å². The lowest BCUT2D eigenvalue weighted by Crippen LogP contribution is -2.48. The fourth-order valence-corrected chi connectivity index (χ4v) is 3.00. The number of rotatable bonds is 7. The number of aromatic nitrogens is 2. The number of aryl methyl sites for hydroxylation is 1.